The number of hydrogen-bond donors (Lipinski definition) is 0. The zero-order chi connectivity index (χ0) is 11.7. The van der Waals surface area contributed by atoms with Crippen molar-refractivity contribution in [2.24, 2.45) is 0 Å². The maximum atomic E-state index is 5.92. The maximum Gasteiger partial charge on any atom is 0.262 e. The summed E-state index contributed by atoms with van der Waals surface area (Å²) >= 11 is 7.46. The van der Waals surface area contributed by atoms with Gasteiger partial charge in [-0.05, 0) is 11.4 Å². The average Bonchev–Trinajstić information content (AvgIpc) is 3.00. The lowest BCUT2D eigenvalue weighted by Crippen LogP contribution is -1.85. The molecule has 0 N–H and O–H groups in total. The number of halogens is 1. The van der Waals surface area contributed by atoms with E-state index in [9.17, 15) is 0 Å². The second kappa shape index (κ2) is 4.23. The highest BCUT2D eigenvalue weighted by Crippen LogP contribution is 2.27. The Kier molecular flexibility index (Phi) is 2.58. The van der Waals surface area contributed by atoms with Gasteiger partial charge in [0, 0.05) is 6.20 Å². The molecule has 3 aromatic rings. The number of rotatable bonds is 2. The van der Waals surface area contributed by atoms with Gasteiger partial charge in [-0.25, -0.2) is 9.97 Å². The molecule has 0 saturated carbocycles. The molecule has 0 aromatic carbocycles. The van der Waals surface area contributed by atoms with Gasteiger partial charge >= 0.3 is 0 Å². The molecule has 5 nitrogen and oxygen atoms in total. The van der Waals surface area contributed by atoms with E-state index in [0.717, 1.165) is 4.88 Å². The summed E-state index contributed by atoms with van der Waals surface area (Å²) < 4.78 is 5.14. The largest absolute Gasteiger partial charge is 0.333 e. The van der Waals surface area contributed by atoms with Crippen molar-refractivity contribution in [1.29, 1.82) is 0 Å². The highest BCUT2D eigenvalue weighted by Gasteiger charge is 2.14. The van der Waals surface area contributed by atoms with Gasteiger partial charge in [-0.15, -0.1) is 11.3 Å². The Morgan fingerprint density at radius 2 is 2.29 bits per heavy atom. The zero-order valence-corrected chi connectivity index (χ0v) is 9.94. The van der Waals surface area contributed by atoms with Gasteiger partial charge in [0.05, 0.1) is 10.4 Å². The third-order valence-corrected chi connectivity index (χ3v) is 3.23. The Morgan fingerprint density at radius 3 is 3.06 bits per heavy atom. The Labute approximate surface area is 105 Å². The first-order valence-electron chi connectivity index (χ1n) is 4.68. The van der Waals surface area contributed by atoms with Crippen molar-refractivity contribution in [3.05, 3.63) is 35.2 Å². The summed E-state index contributed by atoms with van der Waals surface area (Å²) in [6.07, 6.45) is 2.91. The molecule has 0 aliphatic carbocycles. The van der Waals surface area contributed by atoms with E-state index in [1.165, 1.54) is 17.7 Å². The van der Waals surface area contributed by atoms with E-state index in [0.29, 0.717) is 22.4 Å². The van der Waals surface area contributed by atoms with E-state index in [1.807, 2.05) is 17.5 Å². The van der Waals surface area contributed by atoms with Crippen molar-refractivity contribution in [3.63, 3.8) is 0 Å². The first-order valence-corrected chi connectivity index (χ1v) is 5.94. The fraction of sp³-hybridized carbons (Fsp3) is 0. The Hall–Kier alpha value is -1.79. The highest BCUT2D eigenvalue weighted by atomic mass is 35.5. The minimum Gasteiger partial charge on any atom is -0.333 e. The maximum absolute atomic E-state index is 5.92. The molecule has 0 bridgehead atoms. The molecule has 0 amide bonds. The molecule has 0 radical (unpaired) electrons. The first-order chi connectivity index (χ1) is 8.34. The first kappa shape index (κ1) is 10.4. The smallest absolute Gasteiger partial charge is 0.262 e. The minimum atomic E-state index is 0.293. The van der Waals surface area contributed by atoms with Crippen molar-refractivity contribution in [1.82, 2.24) is 20.1 Å². The minimum absolute atomic E-state index is 0.293. The van der Waals surface area contributed by atoms with Crippen LogP contribution in [0.15, 0.2) is 34.6 Å². The lowest BCUT2D eigenvalue weighted by atomic mass is 10.3. The van der Waals surface area contributed by atoms with E-state index in [4.69, 9.17) is 16.1 Å². The van der Waals surface area contributed by atoms with Gasteiger partial charge in [0.1, 0.15) is 11.5 Å². The molecule has 0 saturated heterocycles. The van der Waals surface area contributed by atoms with E-state index in [2.05, 4.69) is 20.1 Å². The monoisotopic (exact) mass is 264 g/mol. The van der Waals surface area contributed by atoms with Crippen molar-refractivity contribution in [2.75, 3.05) is 0 Å². The SMILES string of the molecule is Clc1ncncc1-c1nc(-c2cccs2)no1. The average molecular weight is 265 g/mol. The van der Waals surface area contributed by atoms with Crippen LogP contribution in [0.25, 0.3) is 22.2 Å². The molecule has 3 rings (SSSR count). The predicted octanol–water partition coefficient (Wildman–Crippen LogP) is 2.91. The Bertz CT molecular complexity index is 637. The summed E-state index contributed by atoms with van der Waals surface area (Å²) in [5.41, 5.74) is 0.532. The third-order valence-electron chi connectivity index (χ3n) is 2.06. The molecule has 3 heterocycles. The van der Waals surface area contributed by atoms with Crippen LogP contribution >= 0.6 is 22.9 Å². The van der Waals surface area contributed by atoms with Crippen molar-refractivity contribution >= 4 is 22.9 Å². The molecule has 0 unspecified atom stereocenters. The Balaban J connectivity index is 2.04. The third kappa shape index (κ3) is 1.92. The van der Waals surface area contributed by atoms with Crippen LogP contribution in [0.3, 0.4) is 0 Å². The zero-order valence-electron chi connectivity index (χ0n) is 8.37. The molecule has 84 valence electrons. The topological polar surface area (TPSA) is 64.7 Å². The van der Waals surface area contributed by atoms with Crippen LogP contribution < -0.4 is 0 Å². The summed E-state index contributed by atoms with van der Waals surface area (Å²) in [6.45, 7) is 0. The summed E-state index contributed by atoms with van der Waals surface area (Å²) in [5, 5.41) is 6.13. The second-order valence-corrected chi connectivity index (χ2v) is 4.43. The molecular weight excluding hydrogens is 260 g/mol. The van der Waals surface area contributed by atoms with Crippen LogP contribution in [0, 0.1) is 0 Å². The molecule has 17 heavy (non-hydrogen) atoms. The van der Waals surface area contributed by atoms with Gasteiger partial charge in [-0.2, -0.15) is 4.98 Å². The lowest BCUT2D eigenvalue weighted by molar-refractivity contribution is 0.432. The number of nitrogens with zero attached hydrogens (tertiary/aromatic N) is 4. The van der Waals surface area contributed by atoms with Crippen LogP contribution in [0.4, 0.5) is 0 Å². The van der Waals surface area contributed by atoms with Crippen molar-refractivity contribution in [3.8, 4) is 22.2 Å². The standard InChI is InChI=1S/C10H5ClN4OS/c11-8-6(4-12-5-13-8)10-14-9(15-16-10)7-2-1-3-17-7/h1-5H. The molecule has 0 spiro atoms. The summed E-state index contributed by atoms with van der Waals surface area (Å²) in [5.74, 6) is 0.855. The van der Waals surface area contributed by atoms with E-state index in [-0.39, 0.29) is 0 Å². The van der Waals surface area contributed by atoms with Crippen LogP contribution in [0.5, 0.6) is 0 Å². The van der Waals surface area contributed by atoms with E-state index < -0.39 is 0 Å². The molecule has 7 heteroatoms. The van der Waals surface area contributed by atoms with Crippen molar-refractivity contribution in [2.45, 2.75) is 0 Å². The van der Waals surface area contributed by atoms with Crippen LogP contribution in [0.2, 0.25) is 5.15 Å². The summed E-state index contributed by atoms with van der Waals surface area (Å²) in [6, 6.07) is 3.84. The van der Waals surface area contributed by atoms with Crippen LogP contribution in [-0.4, -0.2) is 20.1 Å². The van der Waals surface area contributed by atoms with E-state index >= 15 is 0 Å². The van der Waals surface area contributed by atoms with Gasteiger partial charge < -0.3 is 4.52 Å². The predicted molar refractivity (Wildman–Crippen MR) is 63.6 cm³/mol. The van der Waals surface area contributed by atoms with Crippen LogP contribution in [0.1, 0.15) is 0 Å². The summed E-state index contributed by atoms with van der Waals surface area (Å²) in [4.78, 5) is 12.9. The van der Waals surface area contributed by atoms with Gasteiger partial charge in [0.2, 0.25) is 5.82 Å². The lowest BCUT2D eigenvalue weighted by Gasteiger charge is -1.93. The van der Waals surface area contributed by atoms with E-state index in [1.54, 1.807) is 6.20 Å². The highest BCUT2D eigenvalue weighted by molar-refractivity contribution is 7.13. The molecular formula is C10H5ClN4OS. The number of aromatic nitrogens is 4. The van der Waals surface area contributed by atoms with Gasteiger partial charge in [0.15, 0.2) is 0 Å². The molecule has 3 aromatic heterocycles. The molecule has 0 aliphatic heterocycles. The second-order valence-electron chi connectivity index (χ2n) is 3.13. The van der Waals surface area contributed by atoms with Gasteiger partial charge in [-0.1, -0.05) is 22.8 Å². The van der Waals surface area contributed by atoms with Gasteiger partial charge in [0.25, 0.3) is 5.89 Å². The summed E-state index contributed by atoms with van der Waals surface area (Å²) in [7, 11) is 0. The fourth-order valence-corrected chi connectivity index (χ4v) is 2.12. The molecule has 0 fully saturated rings. The number of hydrogen-bond acceptors (Lipinski definition) is 6. The van der Waals surface area contributed by atoms with Crippen LogP contribution in [-0.2, 0) is 0 Å². The normalized spacial score (nSPS) is 10.6. The quantitative estimate of drug-likeness (QED) is 0.666. The Morgan fingerprint density at radius 1 is 1.35 bits per heavy atom. The van der Waals surface area contributed by atoms with Gasteiger partial charge in [-0.3, -0.25) is 0 Å². The molecule has 0 atom stereocenters. The number of thiophene rings is 1. The molecule has 0 aliphatic rings. The fourth-order valence-electron chi connectivity index (χ4n) is 1.30. The van der Waals surface area contributed by atoms with Crippen molar-refractivity contribution < 1.29 is 4.52 Å².